The molecule has 0 N–H and O–H groups in total. The van der Waals surface area contributed by atoms with E-state index in [9.17, 15) is 4.79 Å². The molecule has 2 aromatic rings. The molecule has 0 bridgehead atoms. The molecule has 5 heteroatoms. The first kappa shape index (κ1) is 10.6. The van der Waals surface area contributed by atoms with Crippen LogP contribution in [0, 0.1) is 6.92 Å². The molecule has 0 aliphatic rings. The standard InChI is InChI=1S/C11H14N4O/c1-8-10(7-15(3)12-8)11(16)6-9-4-5-14(2)13-9/h4-5,7H,6H2,1-3H3. The van der Waals surface area contributed by atoms with Gasteiger partial charge in [0.15, 0.2) is 5.78 Å². The second-order valence-electron chi connectivity index (χ2n) is 3.88. The Bertz CT molecular complexity index is 524. The van der Waals surface area contributed by atoms with Gasteiger partial charge in [-0.3, -0.25) is 14.2 Å². The summed E-state index contributed by atoms with van der Waals surface area (Å²) < 4.78 is 3.35. The Labute approximate surface area is 93.7 Å². The van der Waals surface area contributed by atoms with Gasteiger partial charge in [-0.25, -0.2) is 0 Å². The Kier molecular flexibility index (Phi) is 2.60. The van der Waals surface area contributed by atoms with Gasteiger partial charge in [0.25, 0.3) is 0 Å². The third-order valence-corrected chi connectivity index (χ3v) is 2.42. The summed E-state index contributed by atoms with van der Waals surface area (Å²) in [6, 6.07) is 1.85. The highest BCUT2D eigenvalue weighted by Gasteiger charge is 2.14. The molecule has 16 heavy (non-hydrogen) atoms. The Hall–Kier alpha value is -1.91. The van der Waals surface area contributed by atoms with Crippen LogP contribution in [0.15, 0.2) is 18.5 Å². The van der Waals surface area contributed by atoms with Crippen molar-refractivity contribution in [3.05, 3.63) is 35.4 Å². The van der Waals surface area contributed by atoms with Gasteiger partial charge >= 0.3 is 0 Å². The quantitative estimate of drug-likeness (QED) is 0.719. The van der Waals surface area contributed by atoms with Crippen LogP contribution in [0.1, 0.15) is 21.7 Å². The second kappa shape index (κ2) is 3.92. The summed E-state index contributed by atoms with van der Waals surface area (Å²) in [5, 5.41) is 8.33. The largest absolute Gasteiger partial charge is 0.294 e. The van der Waals surface area contributed by atoms with Crippen molar-refractivity contribution in [3.63, 3.8) is 0 Å². The number of aryl methyl sites for hydroxylation is 3. The van der Waals surface area contributed by atoms with E-state index in [0.29, 0.717) is 12.0 Å². The van der Waals surface area contributed by atoms with Crippen molar-refractivity contribution in [2.24, 2.45) is 14.1 Å². The summed E-state index contributed by atoms with van der Waals surface area (Å²) in [6.07, 6.45) is 3.91. The van der Waals surface area contributed by atoms with Crippen LogP contribution in [0.4, 0.5) is 0 Å². The lowest BCUT2D eigenvalue weighted by molar-refractivity contribution is 0.0991. The Balaban J connectivity index is 2.17. The number of Topliss-reactive ketones (excluding diaryl/α,β-unsaturated/α-hetero) is 1. The van der Waals surface area contributed by atoms with Gasteiger partial charge in [0.2, 0.25) is 0 Å². The maximum absolute atomic E-state index is 12.0. The zero-order chi connectivity index (χ0) is 11.7. The van der Waals surface area contributed by atoms with Gasteiger partial charge in [-0.2, -0.15) is 10.2 Å². The molecule has 0 aliphatic heterocycles. The minimum atomic E-state index is 0.0595. The molecule has 0 saturated carbocycles. The SMILES string of the molecule is Cc1nn(C)cc1C(=O)Cc1ccn(C)n1. The van der Waals surface area contributed by atoms with E-state index in [4.69, 9.17) is 0 Å². The van der Waals surface area contributed by atoms with E-state index in [-0.39, 0.29) is 5.78 Å². The van der Waals surface area contributed by atoms with E-state index in [1.54, 1.807) is 15.6 Å². The molecule has 2 heterocycles. The molecule has 2 rings (SSSR count). The minimum absolute atomic E-state index is 0.0595. The van der Waals surface area contributed by atoms with Gasteiger partial charge in [-0.15, -0.1) is 0 Å². The molecule has 0 radical (unpaired) electrons. The molecule has 5 nitrogen and oxygen atoms in total. The molecule has 0 amide bonds. The normalized spacial score (nSPS) is 10.7. The van der Waals surface area contributed by atoms with Crippen LogP contribution in [0.25, 0.3) is 0 Å². The fourth-order valence-corrected chi connectivity index (χ4v) is 1.69. The lowest BCUT2D eigenvalue weighted by Crippen LogP contribution is -2.05. The number of hydrogen-bond acceptors (Lipinski definition) is 3. The molecule has 0 atom stereocenters. The lowest BCUT2D eigenvalue weighted by Gasteiger charge is -1.95. The first-order chi connectivity index (χ1) is 7.56. The highest BCUT2D eigenvalue weighted by molar-refractivity contribution is 5.98. The minimum Gasteiger partial charge on any atom is -0.294 e. The Morgan fingerprint density at radius 2 is 2.06 bits per heavy atom. The first-order valence-corrected chi connectivity index (χ1v) is 5.08. The Morgan fingerprint density at radius 1 is 1.31 bits per heavy atom. The average Bonchev–Trinajstić information content (AvgIpc) is 2.73. The van der Waals surface area contributed by atoms with Gasteiger partial charge in [0, 0.05) is 26.5 Å². The number of ketones is 1. The number of nitrogens with zero attached hydrogens (tertiary/aromatic N) is 4. The average molecular weight is 218 g/mol. The van der Waals surface area contributed by atoms with E-state index in [0.717, 1.165) is 11.4 Å². The van der Waals surface area contributed by atoms with Gasteiger partial charge in [-0.1, -0.05) is 0 Å². The van der Waals surface area contributed by atoms with Gasteiger partial charge in [0.05, 0.1) is 23.4 Å². The Morgan fingerprint density at radius 3 is 2.56 bits per heavy atom. The number of rotatable bonds is 3. The van der Waals surface area contributed by atoms with E-state index in [2.05, 4.69) is 10.2 Å². The number of aromatic nitrogens is 4. The van der Waals surface area contributed by atoms with E-state index in [1.807, 2.05) is 33.3 Å². The molecule has 0 aliphatic carbocycles. The number of carbonyl (C=O) groups is 1. The van der Waals surface area contributed by atoms with Crippen LogP contribution < -0.4 is 0 Å². The maximum Gasteiger partial charge on any atom is 0.172 e. The van der Waals surface area contributed by atoms with E-state index >= 15 is 0 Å². The van der Waals surface area contributed by atoms with Crippen molar-refractivity contribution in [2.75, 3.05) is 0 Å². The van der Waals surface area contributed by atoms with E-state index in [1.165, 1.54) is 0 Å². The van der Waals surface area contributed by atoms with Crippen LogP contribution in [-0.4, -0.2) is 25.3 Å². The molecular formula is C11H14N4O. The fraction of sp³-hybridized carbons (Fsp3) is 0.364. The third kappa shape index (κ3) is 2.03. The van der Waals surface area contributed by atoms with Crippen molar-refractivity contribution in [2.45, 2.75) is 13.3 Å². The van der Waals surface area contributed by atoms with Crippen LogP contribution >= 0.6 is 0 Å². The molecule has 0 fully saturated rings. The predicted molar refractivity (Wildman–Crippen MR) is 59.2 cm³/mol. The molecule has 84 valence electrons. The van der Waals surface area contributed by atoms with Crippen LogP contribution in [-0.2, 0) is 20.5 Å². The molecule has 0 aromatic carbocycles. The van der Waals surface area contributed by atoms with Crippen molar-refractivity contribution < 1.29 is 4.79 Å². The van der Waals surface area contributed by atoms with Crippen molar-refractivity contribution in [1.29, 1.82) is 0 Å². The van der Waals surface area contributed by atoms with Gasteiger partial charge in [0.1, 0.15) is 0 Å². The third-order valence-electron chi connectivity index (χ3n) is 2.42. The topological polar surface area (TPSA) is 52.7 Å². The molecule has 0 saturated heterocycles. The zero-order valence-corrected chi connectivity index (χ0v) is 9.64. The maximum atomic E-state index is 12.0. The number of hydrogen-bond donors (Lipinski definition) is 0. The van der Waals surface area contributed by atoms with Crippen molar-refractivity contribution in [1.82, 2.24) is 19.6 Å². The van der Waals surface area contributed by atoms with Crippen molar-refractivity contribution in [3.8, 4) is 0 Å². The lowest BCUT2D eigenvalue weighted by atomic mass is 10.1. The zero-order valence-electron chi connectivity index (χ0n) is 9.64. The van der Waals surface area contributed by atoms with Crippen molar-refractivity contribution >= 4 is 5.78 Å². The summed E-state index contributed by atoms with van der Waals surface area (Å²) >= 11 is 0. The first-order valence-electron chi connectivity index (χ1n) is 5.08. The summed E-state index contributed by atoms with van der Waals surface area (Å²) in [5.41, 5.74) is 2.23. The summed E-state index contributed by atoms with van der Waals surface area (Å²) in [5.74, 6) is 0.0595. The predicted octanol–water partition coefficient (Wildman–Crippen LogP) is 0.887. The van der Waals surface area contributed by atoms with Crippen LogP contribution in [0.5, 0.6) is 0 Å². The van der Waals surface area contributed by atoms with Gasteiger partial charge < -0.3 is 0 Å². The molecule has 0 unspecified atom stereocenters. The van der Waals surface area contributed by atoms with E-state index < -0.39 is 0 Å². The summed E-state index contributed by atoms with van der Waals surface area (Å²) in [7, 11) is 3.65. The summed E-state index contributed by atoms with van der Waals surface area (Å²) in [6.45, 7) is 1.84. The fourth-order valence-electron chi connectivity index (χ4n) is 1.69. The van der Waals surface area contributed by atoms with Crippen LogP contribution in [0.3, 0.4) is 0 Å². The monoisotopic (exact) mass is 218 g/mol. The molecule has 0 spiro atoms. The highest BCUT2D eigenvalue weighted by Crippen LogP contribution is 2.09. The van der Waals surface area contributed by atoms with Gasteiger partial charge in [-0.05, 0) is 13.0 Å². The van der Waals surface area contributed by atoms with Crippen LogP contribution in [0.2, 0.25) is 0 Å². The molecule has 2 aromatic heterocycles. The second-order valence-corrected chi connectivity index (χ2v) is 3.88. The number of carbonyl (C=O) groups excluding carboxylic acids is 1. The summed E-state index contributed by atoms with van der Waals surface area (Å²) in [4.78, 5) is 12.0. The smallest absolute Gasteiger partial charge is 0.172 e. The molecular weight excluding hydrogens is 204 g/mol. The highest BCUT2D eigenvalue weighted by atomic mass is 16.1.